The number of hydrogen-bond donors (Lipinski definition) is 2. The van der Waals surface area contributed by atoms with Gasteiger partial charge in [-0.05, 0) is 19.8 Å². The van der Waals surface area contributed by atoms with Gasteiger partial charge in [0.25, 0.3) is 0 Å². The number of rotatable bonds is 4. The molecule has 1 rings (SSSR count). The maximum atomic E-state index is 10.8. The van der Waals surface area contributed by atoms with Gasteiger partial charge in [-0.3, -0.25) is 4.79 Å². The molecule has 0 aromatic heterocycles. The van der Waals surface area contributed by atoms with Crippen LogP contribution in [0.1, 0.15) is 45.4 Å². The van der Waals surface area contributed by atoms with E-state index in [-0.39, 0.29) is 12.7 Å². The van der Waals surface area contributed by atoms with Gasteiger partial charge in [0.15, 0.2) is 0 Å². The Labute approximate surface area is 90.8 Å². The van der Waals surface area contributed by atoms with Crippen molar-refractivity contribution in [2.45, 2.75) is 57.1 Å². The largest absolute Gasteiger partial charge is 0.480 e. The van der Waals surface area contributed by atoms with Gasteiger partial charge in [0.05, 0.1) is 12.7 Å². The van der Waals surface area contributed by atoms with Crippen molar-refractivity contribution in [3.05, 3.63) is 0 Å². The van der Waals surface area contributed by atoms with E-state index in [2.05, 4.69) is 0 Å². The second kappa shape index (κ2) is 5.47. The molecule has 0 heterocycles. The maximum Gasteiger partial charge on any atom is 0.325 e. The molecule has 15 heavy (non-hydrogen) atoms. The Balaban J connectivity index is 2.31. The Morgan fingerprint density at radius 2 is 1.93 bits per heavy atom. The molecule has 1 fully saturated rings. The lowest BCUT2D eigenvalue weighted by Crippen LogP contribution is -2.49. The van der Waals surface area contributed by atoms with E-state index >= 15 is 0 Å². The fourth-order valence-corrected chi connectivity index (χ4v) is 1.76. The molecule has 1 saturated carbocycles. The molecule has 0 bridgehead atoms. The van der Waals surface area contributed by atoms with E-state index in [0.717, 1.165) is 12.8 Å². The van der Waals surface area contributed by atoms with Gasteiger partial charge in [0.2, 0.25) is 0 Å². The van der Waals surface area contributed by atoms with Crippen LogP contribution in [0.3, 0.4) is 0 Å². The first-order valence-electron chi connectivity index (χ1n) is 5.66. The molecule has 0 aliphatic heterocycles. The quantitative estimate of drug-likeness (QED) is 0.697. The number of carbonyl (C=O) groups is 1. The summed E-state index contributed by atoms with van der Waals surface area (Å²) < 4.78 is 5.58. The van der Waals surface area contributed by atoms with Crippen molar-refractivity contribution in [1.29, 1.82) is 0 Å². The van der Waals surface area contributed by atoms with Crippen LogP contribution < -0.4 is 5.73 Å². The Hall–Kier alpha value is -0.610. The van der Waals surface area contributed by atoms with E-state index in [9.17, 15) is 4.79 Å². The van der Waals surface area contributed by atoms with Crippen LogP contribution in [0.2, 0.25) is 0 Å². The number of aliphatic carboxylic acids is 1. The smallest absolute Gasteiger partial charge is 0.325 e. The average molecular weight is 215 g/mol. The third-order valence-electron chi connectivity index (χ3n) is 2.91. The van der Waals surface area contributed by atoms with E-state index in [1.165, 1.54) is 32.6 Å². The van der Waals surface area contributed by atoms with Crippen molar-refractivity contribution >= 4 is 5.97 Å². The van der Waals surface area contributed by atoms with Crippen molar-refractivity contribution in [1.82, 2.24) is 0 Å². The van der Waals surface area contributed by atoms with Crippen LogP contribution in [0.15, 0.2) is 0 Å². The zero-order chi connectivity index (χ0) is 11.3. The topological polar surface area (TPSA) is 72.5 Å². The Morgan fingerprint density at radius 3 is 2.40 bits per heavy atom. The molecule has 1 unspecified atom stereocenters. The third-order valence-corrected chi connectivity index (χ3v) is 2.91. The van der Waals surface area contributed by atoms with Gasteiger partial charge in [0, 0.05) is 0 Å². The van der Waals surface area contributed by atoms with Crippen molar-refractivity contribution in [2.75, 3.05) is 6.61 Å². The summed E-state index contributed by atoms with van der Waals surface area (Å²) >= 11 is 0. The molecule has 1 atom stereocenters. The number of hydrogen-bond acceptors (Lipinski definition) is 3. The molecular formula is C11H21NO3. The molecule has 88 valence electrons. The van der Waals surface area contributed by atoms with E-state index < -0.39 is 11.5 Å². The van der Waals surface area contributed by atoms with Gasteiger partial charge < -0.3 is 15.6 Å². The van der Waals surface area contributed by atoms with Crippen LogP contribution >= 0.6 is 0 Å². The number of carboxylic acid groups (broad SMARTS) is 1. The van der Waals surface area contributed by atoms with Crippen molar-refractivity contribution in [3.63, 3.8) is 0 Å². The minimum absolute atomic E-state index is 0.104. The minimum atomic E-state index is -1.26. The standard InChI is InChI=1S/C11H21NO3/c1-11(12,10(13)14)8-15-9-6-4-2-3-5-7-9/h9H,2-8,12H2,1H3,(H,13,14). The molecule has 3 N–H and O–H groups in total. The molecule has 1 aliphatic rings. The van der Waals surface area contributed by atoms with Crippen molar-refractivity contribution < 1.29 is 14.6 Å². The Morgan fingerprint density at radius 1 is 1.40 bits per heavy atom. The van der Waals surface area contributed by atoms with Crippen LogP contribution in [0.4, 0.5) is 0 Å². The summed E-state index contributed by atoms with van der Waals surface area (Å²) in [7, 11) is 0. The number of ether oxygens (including phenoxy) is 1. The lowest BCUT2D eigenvalue weighted by atomic mass is 10.1. The van der Waals surface area contributed by atoms with Crippen molar-refractivity contribution in [2.24, 2.45) is 5.73 Å². The van der Waals surface area contributed by atoms with Crippen LogP contribution in [0.5, 0.6) is 0 Å². The minimum Gasteiger partial charge on any atom is -0.480 e. The highest BCUT2D eigenvalue weighted by atomic mass is 16.5. The van der Waals surface area contributed by atoms with Crippen LogP contribution in [-0.2, 0) is 9.53 Å². The van der Waals surface area contributed by atoms with Crippen LogP contribution in [0, 0.1) is 0 Å². The summed E-state index contributed by atoms with van der Waals surface area (Å²) in [6.45, 7) is 1.60. The lowest BCUT2D eigenvalue weighted by molar-refractivity contribution is -0.146. The molecule has 4 heteroatoms. The average Bonchev–Trinajstić information content (AvgIpc) is 2.42. The second-order valence-electron chi connectivity index (χ2n) is 4.65. The normalized spacial score (nSPS) is 23.1. The summed E-state index contributed by atoms with van der Waals surface area (Å²) in [5.74, 6) is -1.00. The first-order chi connectivity index (χ1) is 7.02. The number of nitrogens with two attached hydrogens (primary N) is 1. The SMILES string of the molecule is CC(N)(COC1CCCCCC1)C(=O)O. The fourth-order valence-electron chi connectivity index (χ4n) is 1.76. The zero-order valence-corrected chi connectivity index (χ0v) is 9.37. The first kappa shape index (κ1) is 12.5. The summed E-state index contributed by atoms with van der Waals surface area (Å²) in [5.41, 5.74) is 4.33. The Bertz CT molecular complexity index is 208. The highest BCUT2D eigenvalue weighted by Crippen LogP contribution is 2.20. The molecule has 0 aromatic rings. The van der Waals surface area contributed by atoms with Gasteiger partial charge in [-0.15, -0.1) is 0 Å². The van der Waals surface area contributed by atoms with Gasteiger partial charge in [0.1, 0.15) is 5.54 Å². The van der Waals surface area contributed by atoms with E-state index in [1.807, 2.05) is 0 Å². The molecule has 0 aromatic carbocycles. The van der Waals surface area contributed by atoms with E-state index in [1.54, 1.807) is 0 Å². The second-order valence-corrected chi connectivity index (χ2v) is 4.65. The molecule has 0 amide bonds. The molecular weight excluding hydrogens is 194 g/mol. The van der Waals surface area contributed by atoms with E-state index in [4.69, 9.17) is 15.6 Å². The van der Waals surface area contributed by atoms with Gasteiger partial charge in [-0.1, -0.05) is 25.7 Å². The van der Waals surface area contributed by atoms with Gasteiger partial charge in [-0.2, -0.15) is 0 Å². The summed E-state index contributed by atoms with van der Waals surface area (Å²) in [6, 6.07) is 0. The zero-order valence-electron chi connectivity index (χ0n) is 9.37. The summed E-state index contributed by atoms with van der Waals surface area (Å²) in [5, 5.41) is 8.82. The molecule has 0 radical (unpaired) electrons. The monoisotopic (exact) mass is 215 g/mol. The van der Waals surface area contributed by atoms with Crippen LogP contribution in [0.25, 0.3) is 0 Å². The summed E-state index contributed by atoms with van der Waals surface area (Å²) in [4.78, 5) is 10.8. The highest BCUT2D eigenvalue weighted by Gasteiger charge is 2.29. The van der Waals surface area contributed by atoms with E-state index in [0.29, 0.717) is 0 Å². The Kier molecular flexibility index (Phi) is 4.54. The predicted molar refractivity (Wildman–Crippen MR) is 57.7 cm³/mol. The molecule has 0 saturated heterocycles. The highest BCUT2D eigenvalue weighted by molar-refractivity contribution is 5.77. The lowest BCUT2D eigenvalue weighted by Gasteiger charge is -2.23. The maximum absolute atomic E-state index is 10.8. The summed E-state index contributed by atoms with van der Waals surface area (Å²) in [6.07, 6.45) is 7.16. The molecule has 1 aliphatic carbocycles. The predicted octanol–water partition coefficient (Wildman–Crippen LogP) is 1.53. The van der Waals surface area contributed by atoms with Crippen LogP contribution in [-0.4, -0.2) is 29.3 Å². The molecule has 4 nitrogen and oxygen atoms in total. The van der Waals surface area contributed by atoms with Gasteiger partial charge >= 0.3 is 5.97 Å². The first-order valence-corrected chi connectivity index (χ1v) is 5.66. The third kappa shape index (κ3) is 4.18. The fraction of sp³-hybridized carbons (Fsp3) is 0.909. The van der Waals surface area contributed by atoms with Crippen molar-refractivity contribution in [3.8, 4) is 0 Å². The molecule has 0 spiro atoms. The van der Waals surface area contributed by atoms with Gasteiger partial charge in [-0.25, -0.2) is 0 Å². The number of carboxylic acids is 1.